The molecular formula is C19H28F3IN4. The molecule has 1 N–H and O–H groups in total. The molecule has 152 valence electrons. The van der Waals surface area contributed by atoms with Crippen LogP contribution in [0.25, 0.3) is 0 Å². The Balaban J connectivity index is 0.00000261. The molecule has 27 heavy (non-hydrogen) atoms. The number of halogens is 4. The minimum absolute atomic E-state index is 0. The highest BCUT2D eigenvalue weighted by Crippen LogP contribution is 2.42. The Morgan fingerprint density at radius 1 is 1.19 bits per heavy atom. The number of piperazine rings is 1. The number of benzene rings is 1. The van der Waals surface area contributed by atoms with E-state index in [1.54, 1.807) is 7.05 Å². The molecule has 0 radical (unpaired) electrons. The Bertz CT molecular complexity index is 657. The van der Waals surface area contributed by atoms with Crippen molar-refractivity contribution in [2.45, 2.75) is 44.4 Å². The molecule has 1 saturated carbocycles. The third kappa shape index (κ3) is 5.28. The summed E-state index contributed by atoms with van der Waals surface area (Å²) in [6, 6.07) is 7.36. The maximum absolute atomic E-state index is 12.9. The lowest BCUT2D eigenvalue weighted by molar-refractivity contribution is -0.181. The molecule has 1 aliphatic heterocycles. The van der Waals surface area contributed by atoms with Crippen molar-refractivity contribution in [3.63, 3.8) is 0 Å². The van der Waals surface area contributed by atoms with Crippen LogP contribution in [-0.4, -0.2) is 67.2 Å². The molecular weight excluding hydrogens is 468 g/mol. The predicted octanol–water partition coefficient (Wildman–Crippen LogP) is 3.61. The summed E-state index contributed by atoms with van der Waals surface area (Å²) in [5.41, 5.74) is 2.66. The van der Waals surface area contributed by atoms with E-state index in [-0.39, 0.29) is 24.0 Å². The van der Waals surface area contributed by atoms with Gasteiger partial charge in [-0.05, 0) is 31.4 Å². The van der Waals surface area contributed by atoms with Crippen LogP contribution in [0, 0.1) is 6.92 Å². The van der Waals surface area contributed by atoms with Crippen LogP contribution in [-0.2, 0) is 0 Å². The summed E-state index contributed by atoms with van der Waals surface area (Å²) in [5.74, 6) is 1.28. The van der Waals surface area contributed by atoms with Crippen LogP contribution in [0.4, 0.5) is 13.2 Å². The van der Waals surface area contributed by atoms with Gasteiger partial charge < -0.3 is 10.2 Å². The highest BCUT2D eigenvalue weighted by atomic mass is 127. The number of aliphatic imine (C=N–C) groups is 1. The summed E-state index contributed by atoms with van der Waals surface area (Å²) in [6.07, 6.45) is -3.11. The lowest BCUT2D eigenvalue weighted by Crippen LogP contribution is -2.57. The van der Waals surface area contributed by atoms with E-state index < -0.39 is 12.2 Å². The van der Waals surface area contributed by atoms with Gasteiger partial charge in [-0.3, -0.25) is 9.89 Å². The SMILES string of the molecule is CN=C(NC1CC1c1ccccc1C)N1CCN(C(C)C(F)(F)F)CC1.I. The van der Waals surface area contributed by atoms with Crippen LogP contribution >= 0.6 is 24.0 Å². The van der Waals surface area contributed by atoms with Gasteiger partial charge in [0.2, 0.25) is 0 Å². The first-order valence-corrected chi connectivity index (χ1v) is 9.16. The fourth-order valence-corrected chi connectivity index (χ4v) is 3.69. The Kier molecular flexibility index (Phi) is 7.40. The van der Waals surface area contributed by atoms with E-state index in [0.29, 0.717) is 38.1 Å². The van der Waals surface area contributed by atoms with Crippen molar-refractivity contribution < 1.29 is 13.2 Å². The summed E-state index contributed by atoms with van der Waals surface area (Å²) < 4.78 is 38.6. The van der Waals surface area contributed by atoms with Crippen LogP contribution in [0.15, 0.2) is 29.3 Å². The predicted molar refractivity (Wildman–Crippen MR) is 113 cm³/mol. The number of alkyl halides is 3. The fourth-order valence-electron chi connectivity index (χ4n) is 3.69. The Morgan fingerprint density at radius 2 is 1.81 bits per heavy atom. The van der Waals surface area contributed by atoms with Crippen LogP contribution in [0.3, 0.4) is 0 Å². The van der Waals surface area contributed by atoms with Crippen molar-refractivity contribution in [2.24, 2.45) is 4.99 Å². The lowest BCUT2D eigenvalue weighted by Gasteiger charge is -2.39. The maximum Gasteiger partial charge on any atom is 0.403 e. The number of hydrogen-bond donors (Lipinski definition) is 1. The van der Waals surface area contributed by atoms with Crippen LogP contribution in [0.2, 0.25) is 0 Å². The van der Waals surface area contributed by atoms with Gasteiger partial charge in [0.1, 0.15) is 6.04 Å². The van der Waals surface area contributed by atoms with E-state index in [2.05, 4.69) is 40.3 Å². The molecule has 0 spiro atoms. The standard InChI is InChI=1S/C19H27F3N4.HI/c1-13-6-4-5-7-15(13)16-12-17(16)24-18(23-3)26-10-8-25(9-11-26)14(2)19(20,21)22;/h4-7,14,16-17H,8-12H2,1-3H3,(H,23,24);1H. The van der Waals surface area contributed by atoms with E-state index in [1.807, 2.05) is 6.07 Å². The van der Waals surface area contributed by atoms with Crippen molar-refractivity contribution in [1.29, 1.82) is 0 Å². The number of guanidine groups is 1. The first-order valence-electron chi connectivity index (χ1n) is 9.16. The maximum atomic E-state index is 12.9. The monoisotopic (exact) mass is 496 g/mol. The van der Waals surface area contributed by atoms with Gasteiger partial charge in [0.25, 0.3) is 0 Å². The summed E-state index contributed by atoms with van der Waals surface area (Å²) in [5, 5.41) is 3.50. The topological polar surface area (TPSA) is 30.9 Å². The summed E-state index contributed by atoms with van der Waals surface area (Å²) in [4.78, 5) is 7.91. The van der Waals surface area contributed by atoms with E-state index >= 15 is 0 Å². The zero-order chi connectivity index (χ0) is 18.9. The van der Waals surface area contributed by atoms with Gasteiger partial charge in [-0.1, -0.05) is 24.3 Å². The van der Waals surface area contributed by atoms with Crippen molar-refractivity contribution in [1.82, 2.24) is 15.1 Å². The highest BCUT2D eigenvalue weighted by molar-refractivity contribution is 14.0. The summed E-state index contributed by atoms with van der Waals surface area (Å²) >= 11 is 0. The molecule has 0 aromatic heterocycles. The van der Waals surface area contributed by atoms with Crippen molar-refractivity contribution >= 4 is 29.9 Å². The molecule has 2 fully saturated rings. The van der Waals surface area contributed by atoms with Crippen LogP contribution in [0.5, 0.6) is 0 Å². The molecule has 1 aliphatic carbocycles. The molecule has 3 unspecified atom stereocenters. The van der Waals surface area contributed by atoms with Crippen LogP contribution < -0.4 is 5.32 Å². The first-order chi connectivity index (χ1) is 12.3. The second kappa shape index (κ2) is 8.98. The van der Waals surface area contributed by atoms with E-state index in [1.165, 1.54) is 23.0 Å². The van der Waals surface area contributed by atoms with Gasteiger partial charge in [0.15, 0.2) is 5.96 Å². The van der Waals surface area contributed by atoms with Gasteiger partial charge in [-0.2, -0.15) is 13.2 Å². The number of hydrogen-bond acceptors (Lipinski definition) is 2. The quantitative estimate of drug-likeness (QED) is 0.394. The number of aryl methyl sites for hydroxylation is 1. The molecule has 1 saturated heterocycles. The van der Waals surface area contributed by atoms with Gasteiger partial charge in [-0.15, -0.1) is 24.0 Å². The third-order valence-electron chi connectivity index (χ3n) is 5.54. The molecule has 0 bridgehead atoms. The molecule has 1 aromatic carbocycles. The van der Waals surface area contributed by atoms with Gasteiger partial charge in [0, 0.05) is 45.2 Å². The normalized spacial score (nSPS) is 25.0. The van der Waals surface area contributed by atoms with Crippen LogP contribution in [0.1, 0.15) is 30.4 Å². The number of nitrogens with one attached hydrogen (secondary N) is 1. The van der Waals surface area contributed by atoms with Crippen molar-refractivity contribution in [3.8, 4) is 0 Å². The first kappa shape index (κ1) is 22.3. The number of nitrogens with zero attached hydrogens (tertiary/aromatic N) is 3. The van der Waals surface area contributed by atoms with Gasteiger partial charge in [0.05, 0.1) is 0 Å². The zero-order valence-corrected chi connectivity index (χ0v) is 18.3. The minimum Gasteiger partial charge on any atom is -0.353 e. The zero-order valence-electron chi connectivity index (χ0n) is 16.0. The second-order valence-electron chi connectivity index (χ2n) is 7.24. The molecule has 3 rings (SSSR count). The molecule has 4 nitrogen and oxygen atoms in total. The molecule has 2 aliphatic rings. The lowest BCUT2D eigenvalue weighted by atomic mass is 10.0. The van der Waals surface area contributed by atoms with Gasteiger partial charge in [-0.25, -0.2) is 0 Å². The van der Waals surface area contributed by atoms with E-state index in [9.17, 15) is 13.2 Å². The summed E-state index contributed by atoms with van der Waals surface area (Å²) in [7, 11) is 1.73. The van der Waals surface area contributed by atoms with Gasteiger partial charge >= 0.3 is 6.18 Å². The average molecular weight is 496 g/mol. The molecule has 3 atom stereocenters. The minimum atomic E-state index is -4.17. The largest absolute Gasteiger partial charge is 0.403 e. The summed E-state index contributed by atoms with van der Waals surface area (Å²) in [6.45, 7) is 5.27. The van der Waals surface area contributed by atoms with Crippen molar-refractivity contribution in [3.05, 3.63) is 35.4 Å². The molecule has 1 heterocycles. The molecule has 0 amide bonds. The average Bonchev–Trinajstić information content (AvgIpc) is 3.38. The fraction of sp³-hybridized carbons (Fsp3) is 0.632. The molecule has 1 aromatic rings. The number of rotatable bonds is 3. The second-order valence-corrected chi connectivity index (χ2v) is 7.24. The Hall–Kier alpha value is -1.03. The smallest absolute Gasteiger partial charge is 0.353 e. The Morgan fingerprint density at radius 3 is 2.37 bits per heavy atom. The highest BCUT2D eigenvalue weighted by Gasteiger charge is 2.42. The molecule has 8 heteroatoms. The van der Waals surface area contributed by atoms with E-state index in [4.69, 9.17) is 0 Å². The third-order valence-corrected chi connectivity index (χ3v) is 5.54. The van der Waals surface area contributed by atoms with Crippen molar-refractivity contribution in [2.75, 3.05) is 33.2 Å². The Labute approximate surface area is 176 Å². The van der Waals surface area contributed by atoms with E-state index in [0.717, 1.165) is 12.4 Å².